The number of hydrogen-bond acceptors (Lipinski definition) is 7. The molecule has 2 N–H and O–H groups in total. The predicted octanol–water partition coefficient (Wildman–Crippen LogP) is 2.56. The van der Waals surface area contributed by atoms with Crippen molar-refractivity contribution in [3.05, 3.63) is 0 Å². The fourth-order valence-electron chi connectivity index (χ4n) is 2.28. The van der Waals surface area contributed by atoms with Gasteiger partial charge in [0.25, 0.3) is 0 Å². The third kappa shape index (κ3) is 17.8. The van der Waals surface area contributed by atoms with Gasteiger partial charge >= 0.3 is 0 Å². The van der Waals surface area contributed by atoms with Crippen LogP contribution in [0.5, 0.6) is 0 Å². The van der Waals surface area contributed by atoms with Crippen LogP contribution in [0, 0.1) is 0 Å². The molecule has 0 aromatic carbocycles. The van der Waals surface area contributed by atoms with E-state index in [1.54, 1.807) is 0 Å². The van der Waals surface area contributed by atoms with Gasteiger partial charge in [-0.3, -0.25) is 0 Å². The summed E-state index contributed by atoms with van der Waals surface area (Å²) >= 11 is 0. The fourth-order valence-corrected chi connectivity index (χ4v) is 2.28. The lowest BCUT2D eigenvalue weighted by molar-refractivity contribution is -0.0746. The molecule has 0 saturated carbocycles. The Bertz CT molecular complexity index is 330. The first-order valence-corrected chi connectivity index (χ1v) is 10.7. The van der Waals surface area contributed by atoms with E-state index in [4.69, 9.17) is 33.9 Å². The van der Waals surface area contributed by atoms with Gasteiger partial charge in [-0.25, -0.2) is 0 Å². The molecule has 0 aromatic heterocycles. The van der Waals surface area contributed by atoms with Gasteiger partial charge in [0.2, 0.25) is 0 Å². The zero-order chi connectivity index (χ0) is 21.2. The molecule has 170 valence electrons. The Hall–Kier alpha value is -0.280. The van der Waals surface area contributed by atoms with Crippen molar-refractivity contribution in [1.29, 1.82) is 0 Å². The molecule has 0 aliphatic carbocycles. The molecule has 7 nitrogen and oxygen atoms in total. The van der Waals surface area contributed by atoms with Crippen LogP contribution in [0.3, 0.4) is 0 Å². The lowest BCUT2D eigenvalue weighted by atomic mass is 10.2. The second-order valence-electron chi connectivity index (χ2n) is 7.57. The molecule has 0 heterocycles. The summed E-state index contributed by atoms with van der Waals surface area (Å²) in [6.07, 6.45) is 4.10. The first-order chi connectivity index (χ1) is 13.4. The van der Waals surface area contributed by atoms with Crippen LogP contribution in [0.1, 0.15) is 60.3 Å². The Morgan fingerprint density at radius 3 is 1.14 bits per heavy atom. The quantitative estimate of drug-likeness (QED) is 0.299. The molecule has 0 rings (SSSR count). The first kappa shape index (κ1) is 27.7. The lowest BCUT2D eigenvalue weighted by Gasteiger charge is -2.19. The smallest absolute Gasteiger partial charge is 0.0781 e. The molecule has 0 radical (unpaired) electrons. The molecule has 0 saturated heterocycles. The number of rotatable bonds is 20. The largest absolute Gasteiger partial charge is 0.394 e. The molecule has 0 aliphatic heterocycles. The van der Waals surface area contributed by atoms with E-state index in [9.17, 15) is 0 Å². The summed E-state index contributed by atoms with van der Waals surface area (Å²) in [4.78, 5) is 0. The van der Waals surface area contributed by atoms with Crippen LogP contribution >= 0.6 is 0 Å². The Morgan fingerprint density at radius 2 is 0.786 bits per heavy atom. The maximum absolute atomic E-state index is 8.92. The monoisotopic (exact) mass is 408 g/mol. The third-order valence-electron chi connectivity index (χ3n) is 4.20. The van der Waals surface area contributed by atoms with Crippen LogP contribution < -0.4 is 0 Å². The topological polar surface area (TPSA) is 86.6 Å². The van der Waals surface area contributed by atoms with Gasteiger partial charge in [-0.2, -0.15) is 0 Å². The van der Waals surface area contributed by atoms with E-state index in [0.717, 1.165) is 38.9 Å². The standard InChI is InChI=1S/C21H44O7/c1-17(12-22)26-14-19(3)24-10-8-6-7-9-11-25-20(4)15-28-21(5)16-27-18(2)13-23/h17-23H,6-16H2,1-5H3. The van der Waals surface area contributed by atoms with E-state index < -0.39 is 0 Å². The zero-order valence-electron chi connectivity index (χ0n) is 18.6. The molecule has 0 bridgehead atoms. The Balaban J connectivity index is 3.43. The highest BCUT2D eigenvalue weighted by Gasteiger charge is 2.09. The number of unbranched alkanes of at least 4 members (excludes halogenated alkanes) is 3. The number of aliphatic hydroxyl groups excluding tert-OH is 2. The van der Waals surface area contributed by atoms with Crippen molar-refractivity contribution in [1.82, 2.24) is 0 Å². The Morgan fingerprint density at radius 1 is 0.464 bits per heavy atom. The van der Waals surface area contributed by atoms with Crippen molar-refractivity contribution in [3.63, 3.8) is 0 Å². The molecule has 5 unspecified atom stereocenters. The van der Waals surface area contributed by atoms with E-state index in [0.29, 0.717) is 19.8 Å². The zero-order valence-corrected chi connectivity index (χ0v) is 18.6. The lowest BCUT2D eigenvalue weighted by Crippen LogP contribution is -2.26. The average Bonchev–Trinajstić information content (AvgIpc) is 2.70. The molecule has 7 heteroatoms. The van der Waals surface area contributed by atoms with Crippen molar-refractivity contribution in [2.45, 2.75) is 90.8 Å². The van der Waals surface area contributed by atoms with Crippen molar-refractivity contribution in [2.75, 3.05) is 46.2 Å². The van der Waals surface area contributed by atoms with Crippen molar-refractivity contribution in [2.24, 2.45) is 0 Å². The van der Waals surface area contributed by atoms with E-state index >= 15 is 0 Å². The fraction of sp³-hybridized carbons (Fsp3) is 1.00. The highest BCUT2D eigenvalue weighted by atomic mass is 16.6. The second-order valence-corrected chi connectivity index (χ2v) is 7.57. The minimum atomic E-state index is -0.156. The molecule has 0 aromatic rings. The molecular weight excluding hydrogens is 364 g/mol. The van der Waals surface area contributed by atoms with Gasteiger partial charge in [0.15, 0.2) is 0 Å². The second kappa shape index (κ2) is 18.7. The van der Waals surface area contributed by atoms with Crippen LogP contribution in [0.4, 0.5) is 0 Å². The van der Waals surface area contributed by atoms with Crippen LogP contribution in [0.25, 0.3) is 0 Å². The molecule has 0 amide bonds. The number of hydrogen-bond donors (Lipinski definition) is 2. The molecule has 0 fully saturated rings. The maximum atomic E-state index is 8.92. The van der Waals surface area contributed by atoms with Crippen molar-refractivity contribution >= 4 is 0 Å². The van der Waals surface area contributed by atoms with E-state index in [-0.39, 0.29) is 43.7 Å². The van der Waals surface area contributed by atoms with Gasteiger partial charge in [0.05, 0.1) is 63.6 Å². The van der Waals surface area contributed by atoms with Crippen LogP contribution in [0.2, 0.25) is 0 Å². The summed E-state index contributed by atoms with van der Waals surface area (Å²) in [5.74, 6) is 0. The summed E-state index contributed by atoms with van der Waals surface area (Å²) in [5, 5.41) is 17.8. The minimum absolute atomic E-state index is 0.0142. The molecule has 28 heavy (non-hydrogen) atoms. The normalized spacial score (nSPS) is 17.2. The third-order valence-corrected chi connectivity index (χ3v) is 4.20. The molecule has 0 aliphatic rings. The Labute approximate surface area is 171 Å². The van der Waals surface area contributed by atoms with E-state index in [1.165, 1.54) is 0 Å². The highest BCUT2D eigenvalue weighted by molar-refractivity contribution is 4.55. The van der Waals surface area contributed by atoms with Crippen LogP contribution in [0.15, 0.2) is 0 Å². The van der Waals surface area contributed by atoms with Gasteiger partial charge in [0, 0.05) is 13.2 Å². The summed E-state index contributed by atoms with van der Waals surface area (Å²) in [5.41, 5.74) is 0. The van der Waals surface area contributed by atoms with Crippen molar-refractivity contribution in [3.8, 4) is 0 Å². The average molecular weight is 409 g/mol. The van der Waals surface area contributed by atoms with E-state index in [1.807, 2.05) is 34.6 Å². The van der Waals surface area contributed by atoms with Crippen LogP contribution in [-0.2, 0) is 23.7 Å². The van der Waals surface area contributed by atoms with Crippen molar-refractivity contribution < 1.29 is 33.9 Å². The van der Waals surface area contributed by atoms with Gasteiger partial charge < -0.3 is 33.9 Å². The summed E-state index contributed by atoms with van der Waals surface area (Å²) < 4.78 is 28.0. The maximum Gasteiger partial charge on any atom is 0.0781 e. The van der Waals surface area contributed by atoms with Gasteiger partial charge in [0.1, 0.15) is 0 Å². The van der Waals surface area contributed by atoms with Gasteiger partial charge in [-0.15, -0.1) is 0 Å². The minimum Gasteiger partial charge on any atom is -0.394 e. The SMILES string of the molecule is CC(CO)OCC(C)OCCCCCCOC(C)COC(C)COC(C)CO. The number of aliphatic hydroxyl groups is 2. The summed E-state index contributed by atoms with van der Waals surface area (Å²) in [6.45, 7) is 12.7. The van der Waals surface area contributed by atoms with Gasteiger partial charge in [-0.1, -0.05) is 12.8 Å². The summed E-state index contributed by atoms with van der Waals surface area (Å²) in [7, 11) is 0. The van der Waals surface area contributed by atoms with Gasteiger partial charge in [-0.05, 0) is 47.5 Å². The Kier molecular flexibility index (Phi) is 18.5. The first-order valence-electron chi connectivity index (χ1n) is 10.7. The molecule has 5 atom stereocenters. The van der Waals surface area contributed by atoms with E-state index in [2.05, 4.69) is 0 Å². The summed E-state index contributed by atoms with van der Waals surface area (Å²) in [6, 6.07) is 0. The van der Waals surface area contributed by atoms with Crippen LogP contribution in [-0.4, -0.2) is 87.0 Å². The highest BCUT2D eigenvalue weighted by Crippen LogP contribution is 2.05. The number of ether oxygens (including phenoxy) is 5. The molecule has 0 spiro atoms. The predicted molar refractivity (Wildman–Crippen MR) is 110 cm³/mol. The molecular formula is C21H44O7.